The fourth-order valence-corrected chi connectivity index (χ4v) is 1.01. The van der Waals surface area contributed by atoms with E-state index in [0.717, 1.165) is 3.57 Å². The zero-order valence-corrected chi connectivity index (χ0v) is 9.87. The summed E-state index contributed by atoms with van der Waals surface area (Å²) in [5, 5.41) is 3.14. The Kier molecular flexibility index (Phi) is 3.43. The van der Waals surface area contributed by atoms with E-state index in [4.69, 9.17) is 5.73 Å². The molecule has 5 heteroatoms. The molecule has 0 fully saturated rings. The van der Waals surface area contributed by atoms with Crippen molar-refractivity contribution in [1.82, 2.24) is 9.97 Å². The zero-order valence-electron chi connectivity index (χ0n) is 7.71. The smallest absolute Gasteiger partial charge is 0.223 e. The van der Waals surface area contributed by atoms with E-state index < -0.39 is 0 Å². The number of rotatable bonds is 3. The quantitative estimate of drug-likeness (QED) is 0.823. The van der Waals surface area contributed by atoms with E-state index in [1.807, 2.05) is 13.8 Å². The van der Waals surface area contributed by atoms with Gasteiger partial charge in [0.1, 0.15) is 0 Å². The minimum absolute atomic E-state index is 0.160. The van der Waals surface area contributed by atoms with E-state index in [1.54, 1.807) is 12.4 Å². The fourth-order valence-electron chi connectivity index (χ4n) is 0.731. The molecule has 3 N–H and O–H groups in total. The second-order valence-corrected chi connectivity index (χ2v) is 4.68. The van der Waals surface area contributed by atoms with Gasteiger partial charge in [-0.3, -0.25) is 0 Å². The van der Waals surface area contributed by atoms with Gasteiger partial charge in [0.2, 0.25) is 5.95 Å². The molecule has 1 aromatic heterocycles. The third-order valence-electron chi connectivity index (χ3n) is 1.58. The highest BCUT2D eigenvalue weighted by Gasteiger charge is 2.15. The van der Waals surface area contributed by atoms with E-state index in [-0.39, 0.29) is 5.54 Å². The summed E-state index contributed by atoms with van der Waals surface area (Å²) in [6, 6.07) is 0. The molecule has 1 heterocycles. The van der Waals surface area contributed by atoms with Crippen LogP contribution in [0.25, 0.3) is 0 Å². The van der Waals surface area contributed by atoms with Crippen LogP contribution in [0, 0.1) is 3.57 Å². The first-order valence-electron chi connectivity index (χ1n) is 3.99. The van der Waals surface area contributed by atoms with Gasteiger partial charge < -0.3 is 11.1 Å². The molecular formula is C8H13IN4. The Labute approximate surface area is 91.5 Å². The standard InChI is InChI=1S/C8H13IN4/c1-8(2,5-10)13-7-11-3-6(9)4-12-7/h3-4H,5,10H2,1-2H3,(H,11,12,13). The van der Waals surface area contributed by atoms with Crippen LogP contribution >= 0.6 is 22.6 Å². The first kappa shape index (κ1) is 10.6. The molecule has 0 aliphatic carbocycles. The molecule has 0 atom stereocenters. The lowest BCUT2D eigenvalue weighted by molar-refractivity contribution is 0.574. The summed E-state index contributed by atoms with van der Waals surface area (Å²) in [6.45, 7) is 4.56. The van der Waals surface area contributed by atoms with Crippen molar-refractivity contribution in [3.8, 4) is 0 Å². The number of hydrogen-bond acceptors (Lipinski definition) is 4. The van der Waals surface area contributed by atoms with E-state index in [1.165, 1.54) is 0 Å². The average Bonchev–Trinajstić information content (AvgIpc) is 2.09. The molecule has 1 aromatic rings. The second kappa shape index (κ2) is 4.19. The van der Waals surface area contributed by atoms with Gasteiger partial charge in [-0.05, 0) is 36.4 Å². The largest absolute Gasteiger partial charge is 0.348 e. The van der Waals surface area contributed by atoms with Crippen LogP contribution < -0.4 is 11.1 Å². The Morgan fingerprint density at radius 3 is 2.46 bits per heavy atom. The van der Waals surface area contributed by atoms with E-state index >= 15 is 0 Å². The van der Waals surface area contributed by atoms with Crippen molar-refractivity contribution in [2.45, 2.75) is 19.4 Å². The fraction of sp³-hybridized carbons (Fsp3) is 0.500. The third kappa shape index (κ3) is 3.43. The second-order valence-electron chi connectivity index (χ2n) is 3.44. The SMILES string of the molecule is CC(C)(CN)Nc1ncc(I)cn1. The number of aromatic nitrogens is 2. The Balaban J connectivity index is 2.69. The van der Waals surface area contributed by atoms with Gasteiger partial charge in [-0.1, -0.05) is 0 Å². The summed E-state index contributed by atoms with van der Waals surface area (Å²) < 4.78 is 1.02. The van der Waals surface area contributed by atoms with E-state index in [2.05, 4.69) is 37.9 Å². The highest BCUT2D eigenvalue weighted by Crippen LogP contribution is 2.09. The van der Waals surface area contributed by atoms with Crippen LogP contribution in [0.4, 0.5) is 5.95 Å². The van der Waals surface area contributed by atoms with Crippen molar-refractivity contribution in [2.75, 3.05) is 11.9 Å². The molecule has 0 amide bonds. The van der Waals surface area contributed by atoms with Gasteiger partial charge in [-0.25, -0.2) is 9.97 Å². The lowest BCUT2D eigenvalue weighted by Crippen LogP contribution is -2.39. The van der Waals surface area contributed by atoms with Gasteiger partial charge in [-0.15, -0.1) is 0 Å². The molecule has 1 rings (SSSR count). The summed E-state index contributed by atoms with van der Waals surface area (Å²) in [6.07, 6.45) is 3.53. The molecule has 0 aliphatic rings. The molecule has 72 valence electrons. The van der Waals surface area contributed by atoms with Crippen molar-refractivity contribution in [2.24, 2.45) is 5.73 Å². The number of nitrogens with one attached hydrogen (secondary N) is 1. The van der Waals surface area contributed by atoms with Crippen LogP contribution in [0.2, 0.25) is 0 Å². The molecule has 0 aromatic carbocycles. The number of halogens is 1. The molecular weight excluding hydrogens is 279 g/mol. The molecule has 0 radical (unpaired) electrons. The number of anilines is 1. The zero-order chi connectivity index (χ0) is 9.90. The van der Waals surface area contributed by atoms with Gasteiger partial charge in [0.25, 0.3) is 0 Å². The number of nitrogens with two attached hydrogens (primary N) is 1. The Bertz CT molecular complexity index is 270. The molecule has 0 bridgehead atoms. The van der Waals surface area contributed by atoms with Gasteiger partial charge in [-0.2, -0.15) is 0 Å². The van der Waals surface area contributed by atoms with Gasteiger partial charge >= 0.3 is 0 Å². The Morgan fingerprint density at radius 2 is 2.00 bits per heavy atom. The minimum atomic E-state index is -0.160. The predicted octanol–water partition coefficient (Wildman–Crippen LogP) is 1.23. The Morgan fingerprint density at radius 1 is 1.46 bits per heavy atom. The van der Waals surface area contributed by atoms with Gasteiger partial charge in [0.05, 0.1) is 0 Å². The van der Waals surface area contributed by atoms with Crippen molar-refractivity contribution in [3.05, 3.63) is 16.0 Å². The molecule has 13 heavy (non-hydrogen) atoms. The summed E-state index contributed by atoms with van der Waals surface area (Å²) in [5.74, 6) is 0.621. The van der Waals surface area contributed by atoms with Crippen molar-refractivity contribution in [1.29, 1.82) is 0 Å². The molecule has 0 unspecified atom stereocenters. The maximum atomic E-state index is 5.56. The van der Waals surface area contributed by atoms with Crippen LogP contribution in [0.1, 0.15) is 13.8 Å². The van der Waals surface area contributed by atoms with Crippen LogP contribution in [0.5, 0.6) is 0 Å². The van der Waals surface area contributed by atoms with Crippen LogP contribution in [-0.4, -0.2) is 22.1 Å². The maximum absolute atomic E-state index is 5.56. The lowest BCUT2D eigenvalue weighted by Gasteiger charge is -2.23. The third-order valence-corrected chi connectivity index (χ3v) is 2.14. The highest BCUT2D eigenvalue weighted by molar-refractivity contribution is 14.1. The predicted molar refractivity (Wildman–Crippen MR) is 61.5 cm³/mol. The van der Waals surface area contributed by atoms with Crippen molar-refractivity contribution in [3.63, 3.8) is 0 Å². The molecule has 0 saturated heterocycles. The van der Waals surface area contributed by atoms with Gasteiger partial charge in [0, 0.05) is 28.0 Å². The summed E-state index contributed by atoms with van der Waals surface area (Å²) in [5.41, 5.74) is 5.40. The van der Waals surface area contributed by atoms with Crippen molar-refractivity contribution < 1.29 is 0 Å². The molecule has 4 nitrogen and oxygen atoms in total. The number of hydrogen-bond donors (Lipinski definition) is 2. The first-order valence-corrected chi connectivity index (χ1v) is 5.07. The van der Waals surface area contributed by atoms with Gasteiger partial charge in [0.15, 0.2) is 0 Å². The van der Waals surface area contributed by atoms with Crippen LogP contribution in [-0.2, 0) is 0 Å². The molecule has 0 spiro atoms. The van der Waals surface area contributed by atoms with Crippen molar-refractivity contribution >= 4 is 28.5 Å². The van der Waals surface area contributed by atoms with Crippen LogP contribution in [0.3, 0.4) is 0 Å². The van der Waals surface area contributed by atoms with Crippen LogP contribution in [0.15, 0.2) is 12.4 Å². The lowest BCUT2D eigenvalue weighted by atomic mass is 10.1. The molecule has 0 saturated carbocycles. The molecule has 0 aliphatic heterocycles. The number of nitrogens with zero attached hydrogens (tertiary/aromatic N) is 2. The summed E-state index contributed by atoms with van der Waals surface area (Å²) in [7, 11) is 0. The Hall–Kier alpha value is -0.430. The first-order chi connectivity index (χ1) is 6.03. The van der Waals surface area contributed by atoms with E-state index in [9.17, 15) is 0 Å². The summed E-state index contributed by atoms with van der Waals surface area (Å²) in [4.78, 5) is 8.25. The average molecular weight is 292 g/mol. The maximum Gasteiger partial charge on any atom is 0.223 e. The monoisotopic (exact) mass is 292 g/mol. The minimum Gasteiger partial charge on any atom is -0.348 e. The highest BCUT2D eigenvalue weighted by atomic mass is 127. The summed E-state index contributed by atoms with van der Waals surface area (Å²) >= 11 is 2.17. The topological polar surface area (TPSA) is 63.8 Å². The van der Waals surface area contributed by atoms with E-state index in [0.29, 0.717) is 12.5 Å². The normalized spacial score (nSPS) is 11.4.